The van der Waals surface area contributed by atoms with E-state index in [-0.39, 0.29) is 44.8 Å². The lowest BCUT2D eigenvalue weighted by molar-refractivity contribution is 0.0979. The number of anilines is 2. The lowest BCUT2D eigenvalue weighted by Crippen LogP contribution is -2.25. The molecule has 0 saturated heterocycles. The van der Waals surface area contributed by atoms with E-state index in [4.69, 9.17) is 11.5 Å². The van der Waals surface area contributed by atoms with E-state index in [9.17, 15) is 18.8 Å². The number of fused-ring (bicyclic) bond motifs is 2. The molecule has 0 aliphatic heterocycles. The second-order valence-electron chi connectivity index (χ2n) is 6.22. The third-order valence-electron chi connectivity index (χ3n) is 4.62. The summed E-state index contributed by atoms with van der Waals surface area (Å²) in [6.07, 6.45) is 0. The predicted molar refractivity (Wildman–Crippen MR) is 98.4 cm³/mol. The Labute approximate surface area is 153 Å². The van der Waals surface area contributed by atoms with Crippen LogP contribution in [0.5, 0.6) is 0 Å². The Kier molecular flexibility index (Phi) is 3.63. The molecule has 132 valence electrons. The van der Waals surface area contributed by atoms with Gasteiger partial charge in [-0.3, -0.25) is 14.4 Å². The van der Waals surface area contributed by atoms with Crippen molar-refractivity contribution in [3.8, 4) is 0 Å². The van der Waals surface area contributed by atoms with Crippen LogP contribution in [0.1, 0.15) is 47.8 Å². The SMILES string of the molecule is Nc1cc(C(=O)c2ccc(F)cc2)c(N)c2c1C(=O)c1ccccc1C2=O. The molecule has 0 fully saturated rings. The number of rotatable bonds is 2. The van der Waals surface area contributed by atoms with Crippen LogP contribution < -0.4 is 11.5 Å². The first-order chi connectivity index (χ1) is 12.9. The second-order valence-corrected chi connectivity index (χ2v) is 6.22. The van der Waals surface area contributed by atoms with E-state index in [0.717, 1.165) is 12.1 Å². The molecule has 3 aromatic carbocycles. The molecule has 0 heterocycles. The zero-order valence-electron chi connectivity index (χ0n) is 14.0. The number of halogens is 1. The van der Waals surface area contributed by atoms with Crippen molar-refractivity contribution in [2.45, 2.75) is 0 Å². The van der Waals surface area contributed by atoms with Gasteiger partial charge in [0.2, 0.25) is 0 Å². The van der Waals surface area contributed by atoms with Gasteiger partial charge in [-0.25, -0.2) is 4.39 Å². The maximum absolute atomic E-state index is 13.1. The van der Waals surface area contributed by atoms with Crippen molar-refractivity contribution in [2.24, 2.45) is 0 Å². The van der Waals surface area contributed by atoms with Crippen molar-refractivity contribution in [1.82, 2.24) is 0 Å². The fourth-order valence-electron chi connectivity index (χ4n) is 3.29. The minimum Gasteiger partial charge on any atom is -0.398 e. The summed E-state index contributed by atoms with van der Waals surface area (Å²) in [5, 5.41) is 0. The standard InChI is InChI=1S/C21H13FN2O3/c22-11-7-5-10(6-8-11)19(25)14-9-15(23)16-17(18(14)24)21(27)13-4-2-1-3-12(13)20(16)26/h1-9H,23-24H2. The van der Waals surface area contributed by atoms with Crippen LogP contribution in [0.4, 0.5) is 15.8 Å². The molecule has 0 bridgehead atoms. The minimum atomic E-state index is -0.513. The van der Waals surface area contributed by atoms with Crippen molar-refractivity contribution in [2.75, 3.05) is 11.5 Å². The number of hydrogen-bond acceptors (Lipinski definition) is 5. The van der Waals surface area contributed by atoms with Gasteiger partial charge in [-0.2, -0.15) is 0 Å². The molecule has 1 aliphatic carbocycles. The van der Waals surface area contributed by atoms with Gasteiger partial charge in [0.15, 0.2) is 17.3 Å². The first-order valence-electron chi connectivity index (χ1n) is 8.10. The normalized spacial score (nSPS) is 12.5. The second kappa shape index (κ2) is 5.88. The monoisotopic (exact) mass is 360 g/mol. The van der Waals surface area contributed by atoms with Crippen LogP contribution in [-0.2, 0) is 0 Å². The summed E-state index contributed by atoms with van der Waals surface area (Å²) >= 11 is 0. The van der Waals surface area contributed by atoms with Crippen LogP contribution in [0.15, 0.2) is 54.6 Å². The molecular formula is C21H13FN2O3. The zero-order valence-corrected chi connectivity index (χ0v) is 14.0. The van der Waals surface area contributed by atoms with E-state index in [1.807, 2.05) is 0 Å². The molecule has 0 spiro atoms. The highest BCUT2D eigenvalue weighted by Crippen LogP contribution is 2.37. The topological polar surface area (TPSA) is 103 Å². The fraction of sp³-hybridized carbons (Fsp3) is 0. The molecule has 0 radical (unpaired) electrons. The Morgan fingerprint density at radius 1 is 0.815 bits per heavy atom. The number of nitrogen functional groups attached to an aromatic ring is 2. The number of benzene rings is 3. The Morgan fingerprint density at radius 2 is 1.37 bits per heavy atom. The third kappa shape index (κ3) is 2.42. The fourth-order valence-corrected chi connectivity index (χ4v) is 3.29. The van der Waals surface area contributed by atoms with Crippen molar-refractivity contribution < 1.29 is 18.8 Å². The third-order valence-corrected chi connectivity index (χ3v) is 4.62. The molecule has 0 atom stereocenters. The molecular weight excluding hydrogens is 347 g/mol. The largest absolute Gasteiger partial charge is 0.398 e. The summed E-state index contributed by atoms with van der Waals surface area (Å²) in [5.41, 5.74) is 12.6. The first-order valence-corrected chi connectivity index (χ1v) is 8.10. The average molecular weight is 360 g/mol. The van der Waals surface area contributed by atoms with Crippen LogP contribution in [0.3, 0.4) is 0 Å². The van der Waals surface area contributed by atoms with Crippen LogP contribution in [0.25, 0.3) is 0 Å². The molecule has 0 saturated carbocycles. The van der Waals surface area contributed by atoms with Crippen molar-refractivity contribution in [3.63, 3.8) is 0 Å². The van der Waals surface area contributed by atoms with Gasteiger partial charge < -0.3 is 11.5 Å². The van der Waals surface area contributed by atoms with Crippen LogP contribution in [0.2, 0.25) is 0 Å². The van der Waals surface area contributed by atoms with E-state index in [0.29, 0.717) is 0 Å². The summed E-state index contributed by atoms with van der Waals surface area (Å²) in [7, 11) is 0. The summed E-state index contributed by atoms with van der Waals surface area (Å²) < 4.78 is 13.1. The predicted octanol–water partition coefficient (Wildman–Crippen LogP) is 3.00. The lowest BCUT2D eigenvalue weighted by Gasteiger charge is -2.22. The van der Waals surface area contributed by atoms with E-state index in [1.165, 1.54) is 24.3 Å². The van der Waals surface area contributed by atoms with Gasteiger partial charge in [0.1, 0.15) is 5.82 Å². The van der Waals surface area contributed by atoms with Gasteiger partial charge in [0.25, 0.3) is 0 Å². The summed E-state index contributed by atoms with van der Waals surface area (Å²) in [5.74, 6) is -1.87. The zero-order chi connectivity index (χ0) is 19.3. The number of nitrogens with two attached hydrogens (primary N) is 2. The minimum absolute atomic E-state index is 0.00149. The van der Waals surface area contributed by atoms with E-state index < -0.39 is 23.2 Å². The molecule has 0 aromatic heterocycles. The smallest absolute Gasteiger partial charge is 0.196 e. The number of hydrogen-bond donors (Lipinski definition) is 2. The molecule has 1 aliphatic rings. The van der Waals surface area contributed by atoms with Crippen molar-refractivity contribution in [3.05, 3.63) is 93.8 Å². The van der Waals surface area contributed by atoms with Crippen molar-refractivity contribution >= 4 is 28.7 Å². The number of carbonyl (C=O) groups is 3. The van der Waals surface area contributed by atoms with Gasteiger partial charge >= 0.3 is 0 Å². The van der Waals surface area contributed by atoms with Gasteiger partial charge in [0.05, 0.1) is 16.8 Å². The summed E-state index contributed by atoms with van der Waals surface area (Å²) in [6.45, 7) is 0. The highest BCUT2D eigenvalue weighted by molar-refractivity contribution is 6.33. The molecule has 5 nitrogen and oxygen atoms in total. The van der Waals surface area contributed by atoms with Gasteiger partial charge in [-0.1, -0.05) is 24.3 Å². The Balaban J connectivity index is 1.93. The maximum Gasteiger partial charge on any atom is 0.196 e. The Hall–Kier alpha value is -3.80. The molecule has 3 aromatic rings. The van der Waals surface area contributed by atoms with Crippen LogP contribution in [0, 0.1) is 5.82 Å². The Bertz CT molecular complexity index is 1150. The van der Waals surface area contributed by atoms with E-state index in [1.54, 1.807) is 18.2 Å². The van der Waals surface area contributed by atoms with E-state index in [2.05, 4.69) is 0 Å². The number of ketones is 3. The van der Waals surface area contributed by atoms with Gasteiger partial charge in [-0.05, 0) is 30.3 Å². The lowest BCUT2D eigenvalue weighted by atomic mass is 9.80. The van der Waals surface area contributed by atoms with Crippen molar-refractivity contribution in [1.29, 1.82) is 0 Å². The molecule has 4 N–H and O–H groups in total. The molecule has 4 rings (SSSR count). The Morgan fingerprint density at radius 3 is 1.96 bits per heavy atom. The van der Waals surface area contributed by atoms with Crippen LogP contribution >= 0.6 is 0 Å². The number of carbonyl (C=O) groups excluding carboxylic acids is 3. The summed E-state index contributed by atoms with van der Waals surface area (Å²) in [6, 6.07) is 12.6. The first kappa shape index (κ1) is 16.7. The molecule has 27 heavy (non-hydrogen) atoms. The maximum atomic E-state index is 13.1. The van der Waals surface area contributed by atoms with Gasteiger partial charge in [0, 0.05) is 27.9 Å². The van der Waals surface area contributed by atoms with E-state index >= 15 is 0 Å². The quantitative estimate of drug-likeness (QED) is 0.422. The highest BCUT2D eigenvalue weighted by atomic mass is 19.1. The summed E-state index contributed by atoms with van der Waals surface area (Å²) in [4.78, 5) is 38.5. The molecule has 6 heteroatoms. The van der Waals surface area contributed by atoms with Gasteiger partial charge in [-0.15, -0.1) is 0 Å². The molecule has 0 amide bonds. The molecule has 0 unspecified atom stereocenters. The van der Waals surface area contributed by atoms with Crippen LogP contribution in [-0.4, -0.2) is 17.3 Å². The average Bonchev–Trinajstić information content (AvgIpc) is 2.67. The highest BCUT2D eigenvalue weighted by Gasteiger charge is 2.34.